The van der Waals surface area contributed by atoms with Gasteiger partial charge >= 0.3 is 0 Å². The summed E-state index contributed by atoms with van der Waals surface area (Å²) in [6, 6.07) is 12.9. The van der Waals surface area contributed by atoms with Gasteiger partial charge < -0.3 is 14.4 Å². The van der Waals surface area contributed by atoms with Gasteiger partial charge in [0.05, 0.1) is 24.8 Å². The molecule has 0 spiro atoms. The summed E-state index contributed by atoms with van der Waals surface area (Å²) in [5, 5.41) is 0. The Bertz CT molecular complexity index is 978. The molecule has 0 radical (unpaired) electrons. The maximum Gasteiger partial charge on any atom is 0.264 e. The lowest BCUT2D eigenvalue weighted by Gasteiger charge is -2.33. The fraction of sp³-hybridized carbons (Fsp3) is 0.409. The van der Waals surface area contributed by atoms with Gasteiger partial charge in [-0.25, -0.2) is 8.42 Å². The summed E-state index contributed by atoms with van der Waals surface area (Å²) in [6.07, 6.45) is 2.00. The molecule has 1 atom stereocenters. The largest absolute Gasteiger partial charge is 0.493 e. The van der Waals surface area contributed by atoms with Crippen molar-refractivity contribution in [3.05, 3.63) is 48.5 Å². The lowest BCUT2D eigenvalue weighted by atomic mass is 10.0. The molecule has 0 aromatic heterocycles. The van der Waals surface area contributed by atoms with E-state index in [1.165, 1.54) is 26.4 Å². The molecule has 1 saturated heterocycles. The molecule has 1 aliphatic heterocycles. The number of carbonyl (C=O) groups excluding carboxylic acids is 1. The van der Waals surface area contributed by atoms with Gasteiger partial charge in [0, 0.05) is 19.2 Å². The molecule has 1 amide bonds. The van der Waals surface area contributed by atoms with Crippen molar-refractivity contribution in [1.29, 1.82) is 0 Å². The summed E-state index contributed by atoms with van der Waals surface area (Å²) in [5.74, 6) is 1.07. The smallest absolute Gasteiger partial charge is 0.264 e. The zero-order chi connectivity index (χ0) is 21.7. The highest BCUT2D eigenvalue weighted by molar-refractivity contribution is 7.92. The minimum Gasteiger partial charge on any atom is -0.493 e. The number of hydrogen-bond donors (Lipinski definition) is 0. The maximum atomic E-state index is 13.5. The summed E-state index contributed by atoms with van der Waals surface area (Å²) < 4.78 is 38.7. The van der Waals surface area contributed by atoms with Crippen LogP contribution in [0.5, 0.6) is 11.5 Å². The fourth-order valence-electron chi connectivity index (χ4n) is 3.65. The number of methoxy groups -OCH3 is 2. The van der Waals surface area contributed by atoms with Gasteiger partial charge in [-0.05, 0) is 43.0 Å². The zero-order valence-electron chi connectivity index (χ0n) is 17.6. The summed E-state index contributed by atoms with van der Waals surface area (Å²) in [7, 11) is -0.961. The molecule has 162 valence electrons. The summed E-state index contributed by atoms with van der Waals surface area (Å²) in [6.45, 7) is 3.12. The van der Waals surface area contributed by atoms with Crippen LogP contribution in [0.25, 0.3) is 0 Å². The second-order valence-electron chi connectivity index (χ2n) is 7.45. The highest BCUT2D eigenvalue weighted by atomic mass is 32.2. The van der Waals surface area contributed by atoms with E-state index in [0.717, 1.165) is 17.1 Å². The third-order valence-corrected chi connectivity index (χ3v) is 7.06. The Morgan fingerprint density at radius 2 is 1.80 bits per heavy atom. The monoisotopic (exact) mass is 432 g/mol. The minimum absolute atomic E-state index is 0.125. The van der Waals surface area contributed by atoms with Crippen LogP contribution in [0.3, 0.4) is 0 Å². The molecule has 2 aromatic rings. The Hall–Kier alpha value is -2.74. The van der Waals surface area contributed by atoms with Crippen molar-refractivity contribution in [2.45, 2.75) is 24.7 Å². The normalized spacial score (nSPS) is 16.8. The third kappa shape index (κ3) is 4.70. The van der Waals surface area contributed by atoms with Crippen molar-refractivity contribution in [3.63, 3.8) is 0 Å². The molecule has 30 heavy (non-hydrogen) atoms. The number of piperidine rings is 1. The van der Waals surface area contributed by atoms with Gasteiger partial charge in [-0.1, -0.05) is 25.1 Å². The topological polar surface area (TPSA) is 76.2 Å². The molecular weight excluding hydrogens is 404 g/mol. The lowest BCUT2D eigenvalue weighted by Crippen LogP contribution is -2.46. The van der Waals surface area contributed by atoms with E-state index in [2.05, 4.69) is 6.92 Å². The van der Waals surface area contributed by atoms with Crippen LogP contribution < -0.4 is 13.8 Å². The van der Waals surface area contributed by atoms with Crippen molar-refractivity contribution in [1.82, 2.24) is 4.90 Å². The second-order valence-corrected chi connectivity index (χ2v) is 9.31. The molecule has 3 rings (SSSR count). The molecule has 8 heteroatoms. The molecule has 2 aromatic carbocycles. The molecule has 0 bridgehead atoms. The van der Waals surface area contributed by atoms with E-state index in [4.69, 9.17) is 9.47 Å². The Balaban J connectivity index is 2.00. The first kappa shape index (κ1) is 22.0. The van der Waals surface area contributed by atoms with Crippen LogP contribution in [0.2, 0.25) is 0 Å². The standard InChI is InChI=1S/C22H28N2O5S/c1-17-8-7-13-23(15-17)22(25)16-24(30(26,27)19-9-5-4-6-10-19)18-11-12-20(28-2)21(14-18)29-3/h4-6,9-12,14,17H,7-8,13,15-16H2,1-3H3. The molecule has 0 N–H and O–H groups in total. The number of benzene rings is 2. The zero-order valence-corrected chi connectivity index (χ0v) is 18.4. The molecular formula is C22H28N2O5S. The van der Waals surface area contributed by atoms with E-state index in [9.17, 15) is 13.2 Å². The van der Waals surface area contributed by atoms with Gasteiger partial charge in [0.1, 0.15) is 6.54 Å². The van der Waals surface area contributed by atoms with E-state index >= 15 is 0 Å². The molecule has 7 nitrogen and oxygen atoms in total. The van der Waals surface area contributed by atoms with Gasteiger partial charge in [0.25, 0.3) is 10.0 Å². The van der Waals surface area contributed by atoms with Gasteiger partial charge in [-0.2, -0.15) is 0 Å². The van der Waals surface area contributed by atoms with Crippen LogP contribution in [0.15, 0.2) is 53.4 Å². The summed E-state index contributed by atoms with van der Waals surface area (Å²) in [5.41, 5.74) is 0.343. The number of likely N-dealkylation sites (tertiary alicyclic amines) is 1. The third-order valence-electron chi connectivity index (χ3n) is 5.27. The number of carbonyl (C=O) groups is 1. The quantitative estimate of drug-likeness (QED) is 0.672. The first-order valence-corrected chi connectivity index (χ1v) is 11.4. The van der Waals surface area contributed by atoms with E-state index in [1.54, 1.807) is 41.3 Å². The SMILES string of the molecule is COc1ccc(N(CC(=O)N2CCCC(C)C2)S(=O)(=O)c2ccccc2)cc1OC. The number of nitrogens with zero attached hydrogens (tertiary/aromatic N) is 2. The number of amides is 1. The maximum absolute atomic E-state index is 13.5. The number of rotatable bonds is 7. The Labute approximate surface area is 178 Å². The van der Waals surface area contributed by atoms with E-state index < -0.39 is 10.0 Å². The van der Waals surface area contributed by atoms with E-state index in [0.29, 0.717) is 36.2 Å². The van der Waals surface area contributed by atoms with Crippen molar-refractivity contribution in [3.8, 4) is 11.5 Å². The Kier molecular flexibility index (Phi) is 6.87. The first-order chi connectivity index (χ1) is 14.4. The second kappa shape index (κ2) is 9.38. The van der Waals surface area contributed by atoms with Crippen molar-refractivity contribution < 1.29 is 22.7 Å². The molecule has 1 heterocycles. The van der Waals surface area contributed by atoms with Crippen molar-refractivity contribution in [2.75, 3.05) is 38.2 Å². The predicted octanol–water partition coefficient (Wildman–Crippen LogP) is 3.16. The highest BCUT2D eigenvalue weighted by Gasteiger charge is 2.30. The number of ether oxygens (including phenoxy) is 2. The van der Waals surface area contributed by atoms with Crippen LogP contribution in [-0.2, 0) is 14.8 Å². The van der Waals surface area contributed by atoms with Gasteiger partial charge in [0.2, 0.25) is 5.91 Å². The van der Waals surface area contributed by atoms with Crippen LogP contribution in [-0.4, -0.2) is 53.1 Å². The fourth-order valence-corrected chi connectivity index (χ4v) is 5.08. The van der Waals surface area contributed by atoms with Gasteiger partial charge in [0.15, 0.2) is 11.5 Å². The first-order valence-electron chi connectivity index (χ1n) is 9.94. The van der Waals surface area contributed by atoms with Gasteiger partial charge in [-0.3, -0.25) is 9.10 Å². The van der Waals surface area contributed by atoms with Gasteiger partial charge in [-0.15, -0.1) is 0 Å². The molecule has 0 saturated carbocycles. The molecule has 1 unspecified atom stereocenters. The van der Waals surface area contributed by atoms with Crippen molar-refractivity contribution >= 4 is 21.6 Å². The van der Waals surface area contributed by atoms with E-state index in [-0.39, 0.29) is 17.3 Å². The average molecular weight is 433 g/mol. The van der Waals surface area contributed by atoms with Crippen LogP contribution >= 0.6 is 0 Å². The Morgan fingerprint density at radius 3 is 2.43 bits per heavy atom. The average Bonchev–Trinajstić information content (AvgIpc) is 2.77. The molecule has 1 aliphatic rings. The van der Waals surface area contributed by atoms with Crippen LogP contribution in [0, 0.1) is 5.92 Å². The van der Waals surface area contributed by atoms with Crippen LogP contribution in [0.1, 0.15) is 19.8 Å². The predicted molar refractivity (Wildman–Crippen MR) is 115 cm³/mol. The van der Waals surface area contributed by atoms with Crippen LogP contribution in [0.4, 0.5) is 5.69 Å². The summed E-state index contributed by atoms with van der Waals surface area (Å²) in [4.78, 5) is 14.9. The molecule has 0 aliphatic carbocycles. The number of sulfonamides is 1. The number of anilines is 1. The summed E-state index contributed by atoms with van der Waals surface area (Å²) >= 11 is 0. The Morgan fingerprint density at radius 1 is 1.10 bits per heavy atom. The molecule has 1 fully saturated rings. The minimum atomic E-state index is -3.96. The highest BCUT2D eigenvalue weighted by Crippen LogP contribution is 2.34. The van der Waals surface area contributed by atoms with Crippen molar-refractivity contribution in [2.24, 2.45) is 5.92 Å². The van der Waals surface area contributed by atoms with E-state index in [1.807, 2.05) is 0 Å². The lowest BCUT2D eigenvalue weighted by molar-refractivity contribution is -0.131. The number of hydrogen-bond acceptors (Lipinski definition) is 5.